The monoisotopic (exact) mass is 414 g/mol. The van der Waals surface area contributed by atoms with Crippen molar-refractivity contribution in [1.29, 1.82) is 0 Å². The van der Waals surface area contributed by atoms with Crippen LogP contribution in [0.15, 0.2) is 54.9 Å². The van der Waals surface area contributed by atoms with Crippen molar-refractivity contribution in [3.63, 3.8) is 0 Å². The number of hydrogen-bond donors (Lipinski definition) is 3. The summed E-state index contributed by atoms with van der Waals surface area (Å²) in [6.07, 6.45) is 1.13. The lowest BCUT2D eigenvalue weighted by atomic mass is 10.2. The molecule has 1 amide bonds. The first-order valence-electron chi connectivity index (χ1n) is 8.20. The molecule has 0 spiro atoms. The SMILES string of the molecule is COc1cccc(Nc2ncnc(NNC(=O)c3ccc(Cl)cc3)c2[N+](=O)[O-])c1. The van der Waals surface area contributed by atoms with E-state index in [4.69, 9.17) is 16.3 Å². The van der Waals surface area contributed by atoms with Gasteiger partial charge in [0.2, 0.25) is 11.6 Å². The van der Waals surface area contributed by atoms with Gasteiger partial charge < -0.3 is 10.1 Å². The molecule has 0 saturated carbocycles. The number of aromatic nitrogens is 2. The second kappa shape index (κ2) is 8.85. The van der Waals surface area contributed by atoms with E-state index in [2.05, 4.69) is 26.1 Å². The van der Waals surface area contributed by atoms with Gasteiger partial charge in [0.25, 0.3) is 5.91 Å². The first kappa shape index (κ1) is 19.8. The molecule has 0 atom stereocenters. The summed E-state index contributed by atoms with van der Waals surface area (Å²) in [6.45, 7) is 0. The number of nitrogens with zero attached hydrogens (tertiary/aromatic N) is 3. The number of anilines is 3. The maximum absolute atomic E-state index is 12.2. The standard InChI is InChI=1S/C18H15ClN6O4/c1-29-14-4-2-3-13(9-14)22-16-15(25(27)28)17(21-10-20-16)23-24-18(26)11-5-7-12(19)8-6-11/h2-10H,1H3,(H,24,26)(H2,20,21,22,23). The third kappa shape index (κ3) is 4.87. The normalized spacial score (nSPS) is 10.1. The average Bonchev–Trinajstić information content (AvgIpc) is 2.72. The smallest absolute Gasteiger partial charge is 0.355 e. The lowest BCUT2D eigenvalue weighted by Gasteiger charge is -2.11. The fourth-order valence-electron chi connectivity index (χ4n) is 2.36. The van der Waals surface area contributed by atoms with Crippen molar-refractivity contribution in [3.05, 3.63) is 75.6 Å². The van der Waals surface area contributed by atoms with Crippen LogP contribution < -0.4 is 20.9 Å². The van der Waals surface area contributed by atoms with E-state index in [1.54, 1.807) is 36.4 Å². The topological polar surface area (TPSA) is 131 Å². The Kier molecular flexibility index (Phi) is 6.05. The highest BCUT2D eigenvalue weighted by Crippen LogP contribution is 2.31. The van der Waals surface area contributed by atoms with Crippen LogP contribution in [-0.2, 0) is 0 Å². The van der Waals surface area contributed by atoms with Crippen LogP contribution in [0.25, 0.3) is 0 Å². The van der Waals surface area contributed by atoms with Gasteiger partial charge in [-0.3, -0.25) is 25.8 Å². The first-order valence-corrected chi connectivity index (χ1v) is 8.58. The zero-order chi connectivity index (χ0) is 20.8. The number of carbonyl (C=O) groups excluding carboxylic acids is 1. The van der Waals surface area contributed by atoms with Gasteiger partial charge in [-0.05, 0) is 36.4 Å². The van der Waals surface area contributed by atoms with Crippen LogP contribution in [0.3, 0.4) is 0 Å². The molecule has 0 radical (unpaired) electrons. The van der Waals surface area contributed by atoms with Gasteiger partial charge in [0.1, 0.15) is 12.1 Å². The van der Waals surface area contributed by atoms with Gasteiger partial charge in [0, 0.05) is 22.3 Å². The number of halogens is 1. The minimum Gasteiger partial charge on any atom is -0.497 e. The van der Waals surface area contributed by atoms with E-state index in [0.29, 0.717) is 22.0 Å². The molecule has 0 fully saturated rings. The van der Waals surface area contributed by atoms with E-state index in [-0.39, 0.29) is 11.6 Å². The number of carbonyl (C=O) groups is 1. The summed E-state index contributed by atoms with van der Waals surface area (Å²) in [5.41, 5.74) is 5.24. The molecule has 10 nitrogen and oxygen atoms in total. The minimum atomic E-state index is -0.653. The van der Waals surface area contributed by atoms with Crippen LogP contribution >= 0.6 is 11.6 Å². The number of benzene rings is 2. The van der Waals surface area contributed by atoms with E-state index in [0.717, 1.165) is 6.33 Å². The molecular weight excluding hydrogens is 400 g/mol. The predicted molar refractivity (Wildman–Crippen MR) is 108 cm³/mol. The van der Waals surface area contributed by atoms with Crippen molar-refractivity contribution in [2.24, 2.45) is 0 Å². The van der Waals surface area contributed by atoms with Gasteiger partial charge in [-0.2, -0.15) is 0 Å². The summed E-state index contributed by atoms with van der Waals surface area (Å²) in [5.74, 6) is -0.184. The number of amides is 1. The second-order valence-corrected chi connectivity index (χ2v) is 6.06. The van der Waals surface area contributed by atoms with Crippen molar-refractivity contribution < 1.29 is 14.5 Å². The van der Waals surface area contributed by atoms with Crippen molar-refractivity contribution in [2.45, 2.75) is 0 Å². The highest BCUT2D eigenvalue weighted by atomic mass is 35.5. The molecule has 3 aromatic rings. The van der Waals surface area contributed by atoms with Crippen molar-refractivity contribution in [1.82, 2.24) is 15.4 Å². The number of nitrogens with one attached hydrogen (secondary N) is 3. The molecule has 3 rings (SSSR count). The molecule has 0 aliphatic heterocycles. The second-order valence-electron chi connectivity index (χ2n) is 5.62. The maximum atomic E-state index is 12.2. The molecule has 0 saturated heterocycles. The van der Waals surface area contributed by atoms with E-state index < -0.39 is 16.5 Å². The third-order valence-corrected chi connectivity index (χ3v) is 3.99. The Balaban J connectivity index is 1.81. The molecule has 0 aliphatic rings. The number of hydrazine groups is 1. The summed E-state index contributed by atoms with van der Waals surface area (Å²) in [7, 11) is 1.51. The molecular formula is C18H15ClN6O4. The van der Waals surface area contributed by atoms with E-state index in [9.17, 15) is 14.9 Å². The Morgan fingerprint density at radius 1 is 1.14 bits per heavy atom. The van der Waals surface area contributed by atoms with Gasteiger partial charge in [-0.25, -0.2) is 9.97 Å². The zero-order valence-corrected chi connectivity index (χ0v) is 15.8. The number of hydrogen-bond acceptors (Lipinski definition) is 8. The van der Waals surface area contributed by atoms with Crippen LogP contribution in [0.5, 0.6) is 5.75 Å². The molecule has 148 valence electrons. The van der Waals surface area contributed by atoms with Crippen LogP contribution in [-0.4, -0.2) is 27.9 Å². The molecule has 0 unspecified atom stereocenters. The Labute approximate surface area is 170 Å². The number of methoxy groups -OCH3 is 1. The largest absolute Gasteiger partial charge is 0.497 e. The average molecular weight is 415 g/mol. The fraction of sp³-hybridized carbons (Fsp3) is 0.0556. The molecule has 0 bridgehead atoms. The summed E-state index contributed by atoms with van der Waals surface area (Å²) in [4.78, 5) is 30.9. The number of ether oxygens (including phenoxy) is 1. The van der Waals surface area contributed by atoms with Gasteiger partial charge in [0.05, 0.1) is 12.0 Å². The predicted octanol–water partition coefficient (Wildman–Crippen LogP) is 3.55. The zero-order valence-electron chi connectivity index (χ0n) is 15.0. The number of rotatable bonds is 7. The van der Waals surface area contributed by atoms with Crippen molar-refractivity contribution in [2.75, 3.05) is 17.9 Å². The van der Waals surface area contributed by atoms with Gasteiger partial charge in [-0.15, -0.1) is 0 Å². The third-order valence-electron chi connectivity index (χ3n) is 3.74. The van der Waals surface area contributed by atoms with E-state index in [1.807, 2.05) is 0 Å². The Bertz CT molecular complexity index is 1040. The summed E-state index contributed by atoms with van der Waals surface area (Å²) >= 11 is 5.79. The summed E-state index contributed by atoms with van der Waals surface area (Å²) < 4.78 is 5.13. The summed E-state index contributed by atoms with van der Waals surface area (Å²) in [6, 6.07) is 13.0. The van der Waals surface area contributed by atoms with Gasteiger partial charge >= 0.3 is 5.69 Å². The van der Waals surface area contributed by atoms with Crippen molar-refractivity contribution in [3.8, 4) is 5.75 Å². The summed E-state index contributed by atoms with van der Waals surface area (Å²) in [5, 5.41) is 14.9. The molecule has 0 aliphatic carbocycles. The Morgan fingerprint density at radius 2 is 1.86 bits per heavy atom. The maximum Gasteiger partial charge on any atom is 0.355 e. The highest BCUT2D eigenvalue weighted by Gasteiger charge is 2.24. The van der Waals surface area contributed by atoms with Gasteiger partial charge in [-0.1, -0.05) is 17.7 Å². The van der Waals surface area contributed by atoms with Gasteiger partial charge in [0.15, 0.2) is 0 Å². The quantitative estimate of drug-likeness (QED) is 0.395. The van der Waals surface area contributed by atoms with Crippen LogP contribution in [0, 0.1) is 10.1 Å². The van der Waals surface area contributed by atoms with Crippen LogP contribution in [0.4, 0.5) is 23.0 Å². The Morgan fingerprint density at radius 3 is 2.55 bits per heavy atom. The molecule has 3 N–H and O–H groups in total. The molecule has 1 heterocycles. The van der Waals surface area contributed by atoms with E-state index in [1.165, 1.54) is 19.2 Å². The van der Waals surface area contributed by atoms with Crippen LogP contribution in [0.1, 0.15) is 10.4 Å². The molecule has 1 aromatic heterocycles. The van der Waals surface area contributed by atoms with Crippen LogP contribution in [0.2, 0.25) is 5.02 Å². The Hall–Kier alpha value is -3.92. The molecule has 11 heteroatoms. The lowest BCUT2D eigenvalue weighted by molar-refractivity contribution is -0.383. The molecule has 29 heavy (non-hydrogen) atoms. The number of nitro groups is 1. The van der Waals surface area contributed by atoms with Crippen molar-refractivity contribution >= 4 is 40.5 Å². The minimum absolute atomic E-state index is 0.0542. The van der Waals surface area contributed by atoms with E-state index >= 15 is 0 Å². The first-order chi connectivity index (χ1) is 14.0. The lowest BCUT2D eigenvalue weighted by Crippen LogP contribution is -2.30. The molecule has 2 aromatic carbocycles. The fourth-order valence-corrected chi connectivity index (χ4v) is 2.49. The highest BCUT2D eigenvalue weighted by molar-refractivity contribution is 6.30.